The zero-order valence-corrected chi connectivity index (χ0v) is 16.3. The van der Waals surface area contributed by atoms with Crippen LogP contribution in [0.2, 0.25) is 0 Å². The van der Waals surface area contributed by atoms with Gasteiger partial charge in [0.25, 0.3) is 0 Å². The zero-order valence-electron chi connectivity index (χ0n) is 15.4. The van der Waals surface area contributed by atoms with Gasteiger partial charge in [0.1, 0.15) is 5.75 Å². The summed E-state index contributed by atoms with van der Waals surface area (Å²) in [6.45, 7) is 1.23. The normalized spacial score (nSPS) is 15.5. The van der Waals surface area contributed by atoms with Crippen LogP contribution in [0.1, 0.15) is 37.7 Å². The number of benzene rings is 1. The topological polar surface area (TPSA) is 84.9 Å². The molecule has 0 heterocycles. The lowest BCUT2D eigenvalue weighted by molar-refractivity contribution is 0.143. The SMILES string of the molecule is COCCN(Cc1cccc(OS(C)(=O)=O)c1)C(=O)NC1CCCCC1. The van der Waals surface area contributed by atoms with Gasteiger partial charge < -0.3 is 19.1 Å². The predicted molar refractivity (Wildman–Crippen MR) is 99.6 cm³/mol. The minimum Gasteiger partial charge on any atom is -0.383 e. The summed E-state index contributed by atoms with van der Waals surface area (Å²) in [5.41, 5.74) is 0.793. The van der Waals surface area contributed by atoms with Crippen molar-refractivity contribution in [2.45, 2.75) is 44.7 Å². The molecular formula is C18H28N2O5S. The molecule has 7 nitrogen and oxygen atoms in total. The van der Waals surface area contributed by atoms with Crippen molar-refractivity contribution in [3.05, 3.63) is 29.8 Å². The fraction of sp³-hybridized carbons (Fsp3) is 0.611. The Morgan fingerprint density at radius 1 is 1.27 bits per heavy atom. The van der Waals surface area contributed by atoms with E-state index in [-0.39, 0.29) is 17.8 Å². The first-order chi connectivity index (χ1) is 12.4. The molecule has 26 heavy (non-hydrogen) atoms. The number of nitrogens with zero attached hydrogens (tertiary/aromatic N) is 1. The van der Waals surface area contributed by atoms with Gasteiger partial charge in [-0.15, -0.1) is 0 Å². The van der Waals surface area contributed by atoms with Gasteiger partial charge in [0.2, 0.25) is 0 Å². The summed E-state index contributed by atoms with van der Waals surface area (Å²) in [6.07, 6.45) is 6.56. The van der Waals surface area contributed by atoms with Crippen molar-refractivity contribution in [3.63, 3.8) is 0 Å². The Morgan fingerprint density at radius 3 is 2.65 bits per heavy atom. The van der Waals surface area contributed by atoms with Crippen LogP contribution in [0.4, 0.5) is 4.79 Å². The molecule has 1 fully saturated rings. The lowest BCUT2D eigenvalue weighted by Crippen LogP contribution is -2.46. The van der Waals surface area contributed by atoms with Crippen molar-refractivity contribution in [2.24, 2.45) is 0 Å². The number of methoxy groups -OCH3 is 1. The Hall–Kier alpha value is -1.80. The highest BCUT2D eigenvalue weighted by molar-refractivity contribution is 7.86. The third-order valence-corrected chi connectivity index (χ3v) is 4.80. The molecule has 0 radical (unpaired) electrons. The number of amides is 2. The molecule has 0 bridgehead atoms. The first-order valence-corrected chi connectivity index (χ1v) is 10.7. The summed E-state index contributed by atoms with van der Waals surface area (Å²) in [4.78, 5) is 14.3. The molecule has 0 aromatic heterocycles. The van der Waals surface area contributed by atoms with Crippen LogP contribution in [0.25, 0.3) is 0 Å². The van der Waals surface area contributed by atoms with E-state index in [4.69, 9.17) is 8.92 Å². The molecule has 0 aliphatic heterocycles. The van der Waals surface area contributed by atoms with Crippen molar-refractivity contribution >= 4 is 16.1 Å². The smallest absolute Gasteiger partial charge is 0.317 e. The Bertz CT molecular complexity index is 687. The van der Waals surface area contributed by atoms with Crippen LogP contribution in [0.3, 0.4) is 0 Å². The van der Waals surface area contributed by atoms with E-state index < -0.39 is 10.1 Å². The molecular weight excluding hydrogens is 356 g/mol. The lowest BCUT2D eigenvalue weighted by atomic mass is 9.96. The van der Waals surface area contributed by atoms with Gasteiger partial charge in [-0.3, -0.25) is 0 Å². The van der Waals surface area contributed by atoms with Crippen LogP contribution in [-0.2, 0) is 21.4 Å². The van der Waals surface area contributed by atoms with Crippen LogP contribution in [-0.4, -0.2) is 51.9 Å². The highest BCUT2D eigenvalue weighted by atomic mass is 32.2. The van der Waals surface area contributed by atoms with Gasteiger partial charge in [-0.05, 0) is 30.5 Å². The van der Waals surface area contributed by atoms with Crippen molar-refractivity contribution in [1.29, 1.82) is 0 Å². The Balaban J connectivity index is 2.04. The van der Waals surface area contributed by atoms with E-state index in [0.29, 0.717) is 19.7 Å². The number of hydrogen-bond acceptors (Lipinski definition) is 5. The van der Waals surface area contributed by atoms with E-state index in [2.05, 4.69) is 5.32 Å². The van der Waals surface area contributed by atoms with Crippen LogP contribution in [0.5, 0.6) is 5.75 Å². The quantitative estimate of drug-likeness (QED) is 0.696. The maximum atomic E-state index is 12.7. The predicted octanol–water partition coefficient (Wildman–Crippen LogP) is 2.52. The lowest BCUT2D eigenvalue weighted by Gasteiger charge is -2.28. The molecule has 146 valence electrons. The van der Waals surface area contributed by atoms with Gasteiger partial charge in [-0.2, -0.15) is 8.42 Å². The summed E-state index contributed by atoms with van der Waals surface area (Å²) in [5.74, 6) is 0.240. The van der Waals surface area contributed by atoms with Crippen LogP contribution in [0.15, 0.2) is 24.3 Å². The molecule has 2 rings (SSSR count). The Morgan fingerprint density at radius 2 is 2.00 bits per heavy atom. The molecule has 1 aromatic rings. The second-order valence-corrected chi connectivity index (χ2v) is 8.21. The van der Waals surface area contributed by atoms with Gasteiger partial charge in [-0.25, -0.2) is 4.79 Å². The van der Waals surface area contributed by atoms with E-state index in [9.17, 15) is 13.2 Å². The number of hydrogen-bond donors (Lipinski definition) is 1. The number of rotatable bonds is 8. The van der Waals surface area contributed by atoms with Crippen molar-refractivity contribution in [3.8, 4) is 5.75 Å². The minimum atomic E-state index is -3.58. The largest absolute Gasteiger partial charge is 0.383 e. The van der Waals surface area contributed by atoms with Crippen molar-refractivity contribution in [1.82, 2.24) is 10.2 Å². The molecule has 8 heteroatoms. The van der Waals surface area contributed by atoms with E-state index in [1.54, 1.807) is 30.2 Å². The molecule has 1 N–H and O–H groups in total. The average Bonchev–Trinajstić information content (AvgIpc) is 2.58. The first-order valence-electron chi connectivity index (χ1n) is 8.90. The van der Waals surface area contributed by atoms with Crippen LogP contribution in [0, 0.1) is 0 Å². The summed E-state index contributed by atoms with van der Waals surface area (Å²) < 4.78 is 32.6. The van der Waals surface area contributed by atoms with E-state index in [1.807, 2.05) is 6.07 Å². The first kappa shape index (κ1) is 20.5. The highest BCUT2D eigenvalue weighted by Crippen LogP contribution is 2.19. The molecule has 1 saturated carbocycles. The number of carbonyl (C=O) groups excluding carboxylic acids is 1. The number of ether oxygens (including phenoxy) is 1. The molecule has 1 aliphatic carbocycles. The fourth-order valence-electron chi connectivity index (χ4n) is 3.06. The van der Waals surface area contributed by atoms with Crippen molar-refractivity contribution in [2.75, 3.05) is 26.5 Å². The van der Waals surface area contributed by atoms with E-state index in [0.717, 1.165) is 37.5 Å². The molecule has 1 aromatic carbocycles. The third-order valence-electron chi connectivity index (χ3n) is 4.30. The molecule has 1 aliphatic rings. The van der Waals surface area contributed by atoms with E-state index >= 15 is 0 Å². The summed E-state index contributed by atoms with van der Waals surface area (Å²) in [5, 5.41) is 3.11. The molecule has 0 unspecified atom stereocenters. The third kappa shape index (κ3) is 7.21. The summed E-state index contributed by atoms with van der Waals surface area (Å²) in [6, 6.07) is 6.86. The van der Waals surface area contributed by atoms with Crippen LogP contribution >= 0.6 is 0 Å². The van der Waals surface area contributed by atoms with Gasteiger partial charge >= 0.3 is 16.1 Å². The van der Waals surface area contributed by atoms with Crippen LogP contribution < -0.4 is 9.50 Å². The second kappa shape index (κ2) is 9.78. The highest BCUT2D eigenvalue weighted by Gasteiger charge is 2.20. The van der Waals surface area contributed by atoms with Crippen molar-refractivity contribution < 1.29 is 22.1 Å². The summed E-state index contributed by atoms with van der Waals surface area (Å²) in [7, 11) is -1.99. The number of carbonyl (C=O) groups is 1. The minimum absolute atomic E-state index is 0.122. The Labute approximate surface area is 155 Å². The molecule has 0 atom stereocenters. The standard InChI is InChI=1S/C18H28N2O5S/c1-24-12-11-20(18(21)19-16-8-4-3-5-9-16)14-15-7-6-10-17(13-15)25-26(2,22)23/h6-7,10,13,16H,3-5,8-9,11-12,14H2,1-2H3,(H,19,21). The maximum absolute atomic E-state index is 12.7. The van der Waals surface area contributed by atoms with E-state index in [1.165, 1.54) is 6.42 Å². The fourth-order valence-corrected chi connectivity index (χ4v) is 3.51. The number of urea groups is 1. The molecule has 0 spiro atoms. The number of nitrogens with one attached hydrogen (secondary N) is 1. The molecule has 2 amide bonds. The summed E-state index contributed by atoms with van der Waals surface area (Å²) >= 11 is 0. The second-order valence-electron chi connectivity index (χ2n) is 6.63. The molecule has 0 saturated heterocycles. The van der Waals surface area contributed by atoms with Gasteiger partial charge in [-0.1, -0.05) is 31.4 Å². The zero-order chi connectivity index (χ0) is 19.0. The monoisotopic (exact) mass is 384 g/mol. The van der Waals surface area contributed by atoms with Gasteiger partial charge in [0.05, 0.1) is 12.9 Å². The average molecular weight is 384 g/mol. The van der Waals surface area contributed by atoms with Gasteiger partial charge in [0, 0.05) is 26.2 Å². The maximum Gasteiger partial charge on any atom is 0.317 e. The Kier molecular flexibility index (Phi) is 7.71. The van der Waals surface area contributed by atoms with Gasteiger partial charge in [0.15, 0.2) is 0 Å².